The largest absolute Gasteiger partial charge is 0.372 e. The highest BCUT2D eigenvalue weighted by atomic mass is 16.7. The van der Waals surface area contributed by atoms with E-state index in [0.717, 1.165) is 25.7 Å². The van der Waals surface area contributed by atoms with Crippen molar-refractivity contribution < 1.29 is 19.2 Å². The highest BCUT2D eigenvalue weighted by molar-refractivity contribution is 5.79. The Kier molecular flexibility index (Phi) is 5.10. The van der Waals surface area contributed by atoms with E-state index in [0.29, 0.717) is 6.61 Å². The number of rotatable bonds is 4. The van der Waals surface area contributed by atoms with Crippen molar-refractivity contribution in [2.45, 2.75) is 32.6 Å². The van der Waals surface area contributed by atoms with Crippen LogP contribution < -0.4 is 5.48 Å². The summed E-state index contributed by atoms with van der Waals surface area (Å²) in [7, 11) is 0. The first kappa shape index (κ1) is 12.0. The van der Waals surface area contributed by atoms with Gasteiger partial charge in [-0.1, -0.05) is 12.8 Å². The molecule has 1 rings (SSSR count). The zero-order valence-electron chi connectivity index (χ0n) is 8.95. The predicted molar refractivity (Wildman–Crippen MR) is 52.7 cm³/mol. The molecule has 0 unspecified atom stereocenters. The van der Waals surface area contributed by atoms with Crippen LogP contribution in [0.1, 0.15) is 32.6 Å². The third kappa shape index (κ3) is 4.29. The first-order valence-electron chi connectivity index (χ1n) is 5.31. The molecule has 1 saturated carbocycles. The molecule has 0 radical (unpaired) electrons. The van der Waals surface area contributed by atoms with Crippen molar-refractivity contribution in [3.05, 3.63) is 0 Å². The summed E-state index contributed by atoms with van der Waals surface area (Å²) in [6.45, 7) is 2.18. The molecule has 5 nitrogen and oxygen atoms in total. The Morgan fingerprint density at radius 2 is 2.00 bits per heavy atom. The van der Waals surface area contributed by atoms with Gasteiger partial charge in [0.15, 0.2) is 0 Å². The van der Waals surface area contributed by atoms with Gasteiger partial charge in [-0.25, -0.2) is 4.79 Å². The summed E-state index contributed by atoms with van der Waals surface area (Å²) in [4.78, 5) is 27.0. The van der Waals surface area contributed by atoms with Crippen LogP contribution in [-0.2, 0) is 19.2 Å². The summed E-state index contributed by atoms with van der Waals surface area (Å²) in [6.07, 6.45) is 3.85. The summed E-state index contributed by atoms with van der Waals surface area (Å²) in [5, 5.41) is 0. The first-order valence-corrected chi connectivity index (χ1v) is 5.31. The summed E-state index contributed by atoms with van der Waals surface area (Å²) in [5.74, 6) is -0.807. The average Bonchev–Trinajstić information content (AvgIpc) is 2.76. The summed E-state index contributed by atoms with van der Waals surface area (Å²) >= 11 is 0. The van der Waals surface area contributed by atoms with Gasteiger partial charge in [0.1, 0.15) is 6.61 Å². The zero-order chi connectivity index (χ0) is 11.1. The third-order valence-corrected chi connectivity index (χ3v) is 2.39. The maximum absolute atomic E-state index is 11.3. The van der Waals surface area contributed by atoms with E-state index in [1.54, 1.807) is 6.92 Å². The van der Waals surface area contributed by atoms with Crippen molar-refractivity contribution in [1.29, 1.82) is 0 Å². The van der Waals surface area contributed by atoms with Crippen LogP contribution in [0.4, 0.5) is 0 Å². The van der Waals surface area contributed by atoms with Gasteiger partial charge in [-0.2, -0.15) is 5.48 Å². The fraction of sp³-hybridized carbons (Fsp3) is 0.800. The minimum atomic E-state index is -0.428. The maximum Gasteiger partial charge on any atom is 0.335 e. The molecular formula is C10H17NO4. The van der Waals surface area contributed by atoms with E-state index in [4.69, 9.17) is 4.74 Å². The second-order valence-electron chi connectivity index (χ2n) is 3.56. The lowest BCUT2D eigenvalue weighted by Gasteiger charge is -2.09. The number of amides is 1. The highest BCUT2D eigenvalue weighted by Gasteiger charge is 2.24. The van der Waals surface area contributed by atoms with Crippen LogP contribution in [0.15, 0.2) is 0 Å². The molecule has 5 heteroatoms. The minimum absolute atomic E-state index is 0.0441. The fourth-order valence-corrected chi connectivity index (χ4v) is 1.58. The Hall–Kier alpha value is -1.10. The van der Waals surface area contributed by atoms with Crippen molar-refractivity contribution in [2.75, 3.05) is 13.2 Å². The van der Waals surface area contributed by atoms with E-state index < -0.39 is 5.91 Å². The molecule has 1 fully saturated rings. The van der Waals surface area contributed by atoms with Crippen molar-refractivity contribution in [2.24, 2.45) is 5.92 Å². The van der Waals surface area contributed by atoms with Crippen molar-refractivity contribution in [1.82, 2.24) is 5.48 Å². The quantitative estimate of drug-likeness (QED) is 0.704. The third-order valence-electron chi connectivity index (χ3n) is 2.39. The van der Waals surface area contributed by atoms with Gasteiger partial charge in [-0.05, 0) is 19.8 Å². The van der Waals surface area contributed by atoms with Crippen LogP contribution in [0, 0.1) is 5.92 Å². The standard InChI is InChI=1S/C10H17NO4/c1-2-14-7-9(12)11-15-10(13)8-5-3-4-6-8/h8H,2-7H2,1H3,(H,11,12). The number of ether oxygens (including phenoxy) is 1. The molecule has 15 heavy (non-hydrogen) atoms. The molecule has 0 saturated heterocycles. The molecule has 1 aliphatic carbocycles. The molecule has 0 spiro atoms. The van der Waals surface area contributed by atoms with E-state index in [1.165, 1.54) is 0 Å². The number of hydrogen-bond donors (Lipinski definition) is 1. The maximum atomic E-state index is 11.3. The minimum Gasteiger partial charge on any atom is -0.372 e. The van der Waals surface area contributed by atoms with Gasteiger partial charge < -0.3 is 9.57 Å². The Morgan fingerprint density at radius 3 is 2.60 bits per heavy atom. The molecule has 0 heterocycles. The first-order chi connectivity index (χ1) is 7.24. The van der Waals surface area contributed by atoms with Crippen LogP contribution in [0.2, 0.25) is 0 Å². The number of carbonyl (C=O) groups excluding carboxylic acids is 2. The van der Waals surface area contributed by atoms with E-state index in [2.05, 4.69) is 10.3 Å². The van der Waals surface area contributed by atoms with Crippen LogP contribution >= 0.6 is 0 Å². The van der Waals surface area contributed by atoms with Gasteiger partial charge in [0.05, 0.1) is 5.92 Å². The van der Waals surface area contributed by atoms with Gasteiger partial charge in [0, 0.05) is 6.61 Å². The van der Waals surface area contributed by atoms with E-state index in [1.807, 2.05) is 0 Å². The molecule has 0 atom stereocenters. The lowest BCUT2D eigenvalue weighted by molar-refractivity contribution is -0.163. The average molecular weight is 215 g/mol. The van der Waals surface area contributed by atoms with Crippen molar-refractivity contribution in [3.8, 4) is 0 Å². The topological polar surface area (TPSA) is 64.6 Å². The fourth-order valence-electron chi connectivity index (χ4n) is 1.58. The molecule has 1 amide bonds. The SMILES string of the molecule is CCOCC(=O)NOC(=O)C1CCCC1. The van der Waals surface area contributed by atoms with Gasteiger partial charge in [0.25, 0.3) is 5.91 Å². The molecule has 0 aromatic carbocycles. The number of hydroxylamine groups is 1. The van der Waals surface area contributed by atoms with E-state index >= 15 is 0 Å². The highest BCUT2D eigenvalue weighted by Crippen LogP contribution is 2.25. The van der Waals surface area contributed by atoms with Crippen LogP contribution in [0.25, 0.3) is 0 Å². The molecule has 0 bridgehead atoms. The van der Waals surface area contributed by atoms with Crippen LogP contribution in [-0.4, -0.2) is 25.1 Å². The number of hydrogen-bond acceptors (Lipinski definition) is 4. The summed E-state index contributed by atoms with van der Waals surface area (Å²) in [6, 6.07) is 0. The molecule has 0 aromatic heterocycles. The van der Waals surface area contributed by atoms with Crippen LogP contribution in [0.3, 0.4) is 0 Å². The number of carbonyl (C=O) groups is 2. The zero-order valence-corrected chi connectivity index (χ0v) is 8.95. The second-order valence-corrected chi connectivity index (χ2v) is 3.56. The van der Waals surface area contributed by atoms with Gasteiger partial charge in [0.2, 0.25) is 0 Å². The Morgan fingerprint density at radius 1 is 1.33 bits per heavy atom. The van der Waals surface area contributed by atoms with E-state index in [-0.39, 0.29) is 18.5 Å². The summed E-state index contributed by atoms with van der Waals surface area (Å²) in [5.41, 5.74) is 2.08. The van der Waals surface area contributed by atoms with Gasteiger partial charge >= 0.3 is 5.97 Å². The van der Waals surface area contributed by atoms with Crippen molar-refractivity contribution >= 4 is 11.9 Å². The molecule has 1 aliphatic rings. The monoisotopic (exact) mass is 215 g/mol. The van der Waals surface area contributed by atoms with E-state index in [9.17, 15) is 9.59 Å². The molecule has 86 valence electrons. The molecule has 0 aliphatic heterocycles. The lowest BCUT2D eigenvalue weighted by Crippen LogP contribution is -2.32. The Labute approximate surface area is 89.1 Å². The lowest BCUT2D eigenvalue weighted by atomic mass is 10.1. The van der Waals surface area contributed by atoms with Crippen LogP contribution in [0.5, 0.6) is 0 Å². The Bertz CT molecular complexity index is 223. The number of nitrogens with one attached hydrogen (secondary N) is 1. The molecule has 0 aromatic rings. The molecular weight excluding hydrogens is 198 g/mol. The normalized spacial score (nSPS) is 16.3. The van der Waals surface area contributed by atoms with Gasteiger partial charge in [-0.15, -0.1) is 0 Å². The smallest absolute Gasteiger partial charge is 0.335 e. The second kappa shape index (κ2) is 6.40. The van der Waals surface area contributed by atoms with Crippen molar-refractivity contribution in [3.63, 3.8) is 0 Å². The summed E-state index contributed by atoms with van der Waals surface area (Å²) < 4.78 is 4.85. The Balaban J connectivity index is 2.12. The predicted octanol–water partition coefficient (Wildman–Crippen LogP) is 0.787. The molecule has 1 N–H and O–H groups in total. The van der Waals surface area contributed by atoms with Gasteiger partial charge in [-0.3, -0.25) is 4.79 Å².